The maximum Gasteiger partial charge on any atom is 0.239 e. The van der Waals surface area contributed by atoms with Crippen molar-refractivity contribution in [3.05, 3.63) is 53.6 Å². The first-order valence-electron chi connectivity index (χ1n) is 10.2. The highest BCUT2D eigenvalue weighted by Crippen LogP contribution is 2.43. The molecular formula is C23H26N2O4S. The molecule has 2 aliphatic rings. The Bertz CT molecular complexity index is 948. The maximum atomic E-state index is 13.2. The van der Waals surface area contributed by atoms with Crippen LogP contribution in [0.15, 0.2) is 47.4 Å². The number of ether oxygens (including phenoxy) is 2. The van der Waals surface area contributed by atoms with Gasteiger partial charge in [-0.25, -0.2) is 4.31 Å². The summed E-state index contributed by atoms with van der Waals surface area (Å²) in [6, 6.07) is 12.2. The van der Waals surface area contributed by atoms with E-state index in [1.807, 2.05) is 30.3 Å². The molecule has 30 heavy (non-hydrogen) atoms. The SMILES string of the molecule is CC(C)N1Sc2cc3c(cc2CC1C(=O)N[C@@H](C)C(=O)c1ccccc1)OCCO3. The third kappa shape index (κ3) is 4.18. The minimum absolute atomic E-state index is 0.0940. The Labute approximate surface area is 181 Å². The number of fused-ring (bicyclic) bond motifs is 2. The first-order chi connectivity index (χ1) is 14.4. The highest BCUT2D eigenvalue weighted by Gasteiger charge is 2.36. The van der Waals surface area contributed by atoms with E-state index >= 15 is 0 Å². The standard InChI is InChI=1S/C23H26N2O4S/c1-14(2)25-18(23(27)24-15(3)22(26)16-7-5-4-6-8-16)11-17-12-19-20(13-21(17)30-25)29-10-9-28-19/h4-8,12-15,18H,9-11H2,1-3H3,(H,24,27)/t15-,18?/m0/s1. The molecule has 4 rings (SSSR count). The van der Waals surface area contributed by atoms with Gasteiger partial charge in [-0.05, 0) is 56.8 Å². The van der Waals surface area contributed by atoms with Gasteiger partial charge in [0.2, 0.25) is 5.91 Å². The molecule has 2 aromatic carbocycles. The van der Waals surface area contributed by atoms with E-state index in [1.54, 1.807) is 31.0 Å². The fourth-order valence-electron chi connectivity index (χ4n) is 3.73. The van der Waals surface area contributed by atoms with Crippen molar-refractivity contribution in [1.82, 2.24) is 9.62 Å². The van der Waals surface area contributed by atoms with Crippen LogP contribution < -0.4 is 14.8 Å². The van der Waals surface area contributed by atoms with Crippen LogP contribution in [0.25, 0.3) is 0 Å². The molecule has 0 aromatic heterocycles. The molecule has 0 fully saturated rings. The van der Waals surface area contributed by atoms with Crippen LogP contribution >= 0.6 is 11.9 Å². The molecule has 2 atom stereocenters. The lowest BCUT2D eigenvalue weighted by Crippen LogP contribution is -2.52. The van der Waals surface area contributed by atoms with Crippen molar-refractivity contribution in [1.29, 1.82) is 0 Å². The van der Waals surface area contributed by atoms with Crippen LogP contribution in [0.5, 0.6) is 11.5 Å². The van der Waals surface area contributed by atoms with Gasteiger partial charge in [0.05, 0.1) is 6.04 Å². The number of carbonyl (C=O) groups is 2. The molecule has 2 aliphatic heterocycles. The first-order valence-corrected chi connectivity index (χ1v) is 11.0. The highest BCUT2D eigenvalue weighted by atomic mass is 32.2. The molecular weight excluding hydrogens is 400 g/mol. The fourth-order valence-corrected chi connectivity index (χ4v) is 4.89. The largest absolute Gasteiger partial charge is 0.486 e. The van der Waals surface area contributed by atoms with Gasteiger partial charge in [0.25, 0.3) is 0 Å². The van der Waals surface area contributed by atoms with E-state index in [0.29, 0.717) is 25.2 Å². The van der Waals surface area contributed by atoms with E-state index < -0.39 is 6.04 Å². The van der Waals surface area contributed by atoms with Crippen molar-refractivity contribution in [2.75, 3.05) is 13.2 Å². The van der Waals surface area contributed by atoms with E-state index in [9.17, 15) is 9.59 Å². The zero-order chi connectivity index (χ0) is 21.3. The van der Waals surface area contributed by atoms with Crippen molar-refractivity contribution in [2.24, 2.45) is 0 Å². The molecule has 7 heteroatoms. The monoisotopic (exact) mass is 426 g/mol. The molecule has 1 N–H and O–H groups in total. The lowest BCUT2D eigenvalue weighted by atomic mass is 10.0. The van der Waals surface area contributed by atoms with Crippen molar-refractivity contribution < 1.29 is 19.1 Å². The van der Waals surface area contributed by atoms with Crippen LogP contribution in [-0.4, -0.2) is 47.3 Å². The number of nitrogens with zero attached hydrogens (tertiary/aromatic N) is 1. The number of ketones is 1. The number of Topliss-reactive ketones (excluding diaryl/α,β-unsaturated/α-hetero) is 1. The van der Waals surface area contributed by atoms with E-state index in [4.69, 9.17) is 9.47 Å². The summed E-state index contributed by atoms with van der Waals surface area (Å²) in [6.45, 7) is 6.94. The molecule has 0 radical (unpaired) electrons. The van der Waals surface area contributed by atoms with Gasteiger partial charge in [-0.15, -0.1) is 0 Å². The summed E-state index contributed by atoms with van der Waals surface area (Å²) in [5.41, 5.74) is 1.65. The Hall–Kier alpha value is -2.51. The number of carbonyl (C=O) groups excluding carboxylic acids is 2. The molecule has 2 aromatic rings. The van der Waals surface area contributed by atoms with Crippen molar-refractivity contribution in [2.45, 2.75) is 50.2 Å². The Kier molecular flexibility index (Phi) is 6.01. The molecule has 0 saturated heterocycles. The molecule has 0 spiro atoms. The second-order valence-corrected chi connectivity index (χ2v) is 8.87. The predicted molar refractivity (Wildman–Crippen MR) is 116 cm³/mol. The molecule has 0 aliphatic carbocycles. The smallest absolute Gasteiger partial charge is 0.239 e. The summed E-state index contributed by atoms with van der Waals surface area (Å²) in [5, 5.41) is 2.93. The Morgan fingerprint density at radius 3 is 2.40 bits per heavy atom. The number of hydrogen-bond acceptors (Lipinski definition) is 6. The van der Waals surface area contributed by atoms with Crippen LogP contribution in [0.3, 0.4) is 0 Å². The average Bonchev–Trinajstić information content (AvgIpc) is 2.76. The third-order valence-corrected chi connectivity index (χ3v) is 6.74. The van der Waals surface area contributed by atoms with Gasteiger partial charge in [-0.1, -0.05) is 30.3 Å². The molecule has 1 unspecified atom stereocenters. The zero-order valence-electron chi connectivity index (χ0n) is 17.4. The second kappa shape index (κ2) is 8.70. The van der Waals surface area contributed by atoms with Crippen LogP contribution in [0, 0.1) is 0 Å². The Balaban J connectivity index is 1.53. The van der Waals surface area contributed by atoms with Crippen molar-refractivity contribution in [3.63, 3.8) is 0 Å². The van der Waals surface area contributed by atoms with Gasteiger partial charge in [-0.3, -0.25) is 9.59 Å². The predicted octanol–water partition coefficient (Wildman–Crippen LogP) is 3.49. The summed E-state index contributed by atoms with van der Waals surface area (Å²) in [6.07, 6.45) is 0.551. The summed E-state index contributed by atoms with van der Waals surface area (Å²) < 4.78 is 13.5. The van der Waals surface area contributed by atoms with Crippen molar-refractivity contribution >= 4 is 23.6 Å². The number of hydrogen-bond donors (Lipinski definition) is 1. The fraction of sp³-hybridized carbons (Fsp3) is 0.391. The van der Waals surface area contributed by atoms with Gasteiger partial charge in [0, 0.05) is 16.5 Å². The minimum atomic E-state index is -0.597. The van der Waals surface area contributed by atoms with Gasteiger partial charge < -0.3 is 14.8 Å². The van der Waals surface area contributed by atoms with E-state index in [-0.39, 0.29) is 23.8 Å². The normalized spacial score (nSPS) is 19.1. The first kappa shape index (κ1) is 20.8. The van der Waals surface area contributed by atoms with Crippen LogP contribution in [0.4, 0.5) is 0 Å². The molecule has 158 valence electrons. The van der Waals surface area contributed by atoms with E-state index in [1.165, 1.54) is 0 Å². The summed E-state index contributed by atoms with van der Waals surface area (Å²) in [5.74, 6) is 1.24. The van der Waals surface area contributed by atoms with Crippen LogP contribution in [0.2, 0.25) is 0 Å². The molecule has 0 saturated carbocycles. The molecule has 1 amide bonds. The summed E-state index contributed by atoms with van der Waals surface area (Å²) in [7, 11) is 0. The van der Waals surface area contributed by atoms with Gasteiger partial charge in [-0.2, -0.15) is 0 Å². The quantitative estimate of drug-likeness (QED) is 0.583. The Morgan fingerprint density at radius 1 is 1.07 bits per heavy atom. The summed E-state index contributed by atoms with van der Waals surface area (Å²) >= 11 is 1.56. The van der Waals surface area contributed by atoms with Crippen molar-refractivity contribution in [3.8, 4) is 11.5 Å². The lowest BCUT2D eigenvalue weighted by Gasteiger charge is -2.38. The average molecular weight is 427 g/mol. The van der Waals surface area contributed by atoms with E-state index in [0.717, 1.165) is 22.0 Å². The maximum absolute atomic E-state index is 13.2. The second-order valence-electron chi connectivity index (χ2n) is 7.83. The number of amides is 1. The van der Waals surface area contributed by atoms with E-state index in [2.05, 4.69) is 23.5 Å². The number of nitrogens with one attached hydrogen (secondary N) is 1. The summed E-state index contributed by atoms with van der Waals surface area (Å²) in [4.78, 5) is 26.9. The third-order valence-electron chi connectivity index (χ3n) is 5.27. The van der Waals surface area contributed by atoms with Gasteiger partial charge >= 0.3 is 0 Å². The van der Waals surface area contributed by atoms with Gasteiger partial charge in [0.15, 0.2) is 17.3 Å². The van der Waals surface area contributed by atoms with Gasteiger partial charge in [0.1, 0.15) is 19.3 Å². The topological polar surface area (TPSA) is 67.9 Å². The van der Waals surface area contributed by atoms with Crippen LogP contribution in [-0.2, 0) is 11.2 Å². The number of benzene rings is 2. The van der Waals surface area contributed by atoms with Crippen LogP contribution in [0.1, 0.15) is 36.7 Å². The lowest BCUT2D eigenvalue weighted by molar-refractivity contribution is -0.125. The molecule has 0 bridgehead atoms. The zero-order valence-corrected chi connectivity index (χ0v) is 18.2. The number of rotatable bonds is 5. The molecule has 2 heterocycles. The molecule has 6 nitrogen and oxygen atoms in total. The highest BCUT2D eigenvalue weighted by molar-refractivity contribution is 7.97. The minimum Gasteiger partial charge on any atom is -0.486 e. The Morgan fingerprint density at radius 2 is 1.73 bits per heavy atom.